The van der Waals surface area contributed by atoms with Gasteiger partial charge in [0.05, 0.1) is 18.5 Å². The Hall–Kier alpha value is -3.67. The number of carbonyl (C=O) groups is 1. The second kappa shape index (κ2) is 8.37. The summed E-state index contributed by atoms with van der Waals surface area (Å²) >= 11 is 0. The van der Waals surface area contributed by atoms with Gasteiger partial charge in [-0.05, 0) is 31.5 Å². The second-order valence-electron chi connectivity index (χ2n) is 7.21. The lowest BCUT2D eigenvalue weighted by atomic mass is 10.1. The van der Waals surface area contributed by atoms with E-state index < -0.39 is 0 Å². The number of methoxy groups -OCH3 is 1. The summed E-state index contributed by atoms with van der Waals surface area (Å²) in [6.45, 7) is 4.02. The standard InChI is InChI=1S/C24H24N4O2/c1-4-16(2)25-24(29)22-14-20(18-11-8-12-19(13-18)30-3)26-23-15-21(27-28(22)23)17-9-6-5-7-10-17/h5-16H,4H2,1-3H3,(H,25,29). The first-order chi connectivity index (χ1) is 14.6. The van der Waals surface area contributed by atoms with Crippen LogP contribution in [-0.4, -0.2) is 33.7 Å². The van der Waals surface area contributed by atoms with Crippen molar-refractivity contribution in [2.45, 2.75) is 26.3 Å². The summed E-state index contributed by atoms with van der Waals surface area (Å²) in [4.78, 5) is 17.8. The molecule has 0 spiro atoms. The Morgan fingerprint density at radius 1 is 1.03 bits per heavy atom. The van der Waals surface area contributed by atoms with Crippen molar-refractivity contribution in [1.82, 2.24) is 19.9 Å². The number of hydrogen-bond donors (Lipinski definition) is 1. The maximum absolute atomic E-state index is 13.1. The Bertz CT molecular complexity index is 1180. The molecule has 1 unspecified atom stereocenters. The fourth-order valence-electron chi connectivity index (χ4n) is 3.22. The third kappa shape index (κ3) is 3.89. The molecule has 2 aromatic heterocycles. The average Bonchev–Trinajstić information content (AvgIpc) is 3.23. The lowest BCUT2D eigenvalue weighted by Gasteiger charge is -2.13. The van der Waals surface area contributed by atoms with E-state index in [0.717, 1.165) is 29.0 Å². The number of fused-ring (bicyclic) bond motifs is 1. The molecule has 6 heteroatoms. The predicted octanol–water partition coefficient (Wildman–Crippen LogP) is 4.60. The Morgan fingerprint density at radius 3 is 2.53 bits per heavy atom. The van der Waals surface area contributed by atoms with Gasteiger partial charge in [0, 0.05) is 23.2 Å². The summed E-state index contributed by atoms with van der Waals surface area (Å²) in [5, 5.41) is 7.71. The monoisotopic (exact) mass is 400 g/mol. The molecule has 1 N–H and O–H groups in total. The first kappa shape index (κ1) is 19.6. The summed E-state index contributed by atoms with van der Waals surface area (Å²) in [5.74, 6) is 0.557. The molecule has 0 saturated carbocycles. The summed E-state index contributed by atoms with van der Waals surface area (Å²) in [5.41, 5.74) is 4.36. The minimum absolute atomic E-state index is 0.0603. The molecule has 4 rings (SSSR count). The van der Waals surface area contributed by atoms with E-state index in [1.54, 1.807) is 17.7 Å². The van der Waals surface area contributed by atoms with Crippen LogP contribution in [-0.2, 0) is 0 Å². The third-order valence-corrected chi connectivity index (χ3v) is 5.08. The van der Waals surface area contributed by atoms with E-state index in [2.05, 4.69) is 10.4 Å². The molecule has 2 heterocycles. The van der Waals surface area contributed by atoms with Gasteiger partial charge in [0.15, 0.2) is 5.65 Å². The highest BCUT2D eigenvalue weighted by Crippen LogP contribution is 2.26. The number of nitrogens with one attached hydrogen (secondary N) is 1. The molecule has 0 radical (unpaired) electrons. The number of amides is 1. The minimum atomic E-state index is -0.177. The van der Waals surface area contributed by atoms with E-state index in [-0.39, 0.29) is 11.9 Å². The van der Waals surface area contributed by atoms with Gasteiger partial charge in [-0.3, -0.25) is 4.79 Å². The van der Waals surface area contributed by atoms with Crippen molar-refractivity contribution in [3.63, 3.8) is 0 Å². The van der Waals surface area contributed by atoms with Crippen LogP contribution in [0.25, 0.3) is 28.2 Å². The zero-order chi connectivity index (χ0) is 21.1. The Balaban J connectivity index is 1.88. The summed E-state index contributed by atoms with van der Waals surface area (Å²) in [6.07, 6.45) is 0.844. The highest BCUT2D eigenvalue weighted by molar-refractivity contribution is 5.94. The molecule has 30 heavy (non-hydrogen) atoms. The van der Waals surface area contributed by atoms with E-state index >= 15 is 0 Å². The molecule has 0 fully saturated rings. The zero-order valence-corrected chi connectivity index (χ0v) is 17.3. The largest absolute Gasteiger partial charge is 0.497 e. The Kier molecular flexibility index (Phi) is 5.48. The Labute approximate surface area is 175 Å². The predicted molar refractivity (Wildman–Crippen MR) is 118 cm³/mol. The van der Waals surface area contributed by atoms with Crippen LogP contribution < -0.4 is 10.1 Å². The first-order valence-corrected chi connectivity index (χ1v) is 10.0. The molecule has 0 aliphatic rings. The van der Waals surface area contributed by atoms with Crippen LogP contribution in [0.5, 0.6) is 5.75 Å². The molecule has 0 saturated heterocycles. The van der Waals surface area contributed by atoms with E-state index in [0.29, 0.717) is 17.0 Å². The van der Waals surface area contributed by atoms with Crippen molar-refractivity contribution in [2.75, 3.05) is 7.11 Å². The van der Waals surface area contributed by atoms with Gasteiger partial charge < -0.3 is 10.1 Å². The van der Waals surface area contributed by atoms with Crippen LogP contribution in [0.3, 0.4) is 0 Å². The molecular weight excluding hydrogens is 376 g/mol. The quantitative estimate of drug-likeness (QED) is 0.514. The number of aromatic nitrogens is 3. The van der Waals surface area contributed by atoms with Crippen LogP contribution in [0, 0.1) is 0 Å². The molecule has 6 nitrogen and oxygen atoms in total. The first-order valence-electron chi connectivity index (χ1n) is 10.0. The van der Waals surface area contributed by atoms with E-state index in [9.17, 15) is 4.79 Å². The summed E-state index contributed by atoms with van der Waals surface area (Å²) in [7, 11) is 1.63. The van der Waals surface area contributed by atoms with Gasteiger partial charge in [-0.25, -0.2) is 9.50 Å². The number of hydrogen-bond acceptors (Lipinski definition) is 4. The van der Waals surface area contributed by atoms with Crippen LogP contribution in [0.15, 0.2) is 66.7 Å². The van der Waals surface area contributed by atoms with Gasteiger partial charge in [-0.15, -0.1) is 0 Å². The highest BCUT2D eigenvalue weighted by Gasteiger charge is 2.18. The molecule has 1 atom stereocenters. The lowest BCUT2D eigenvalue weighted by Crippen LogP contribution is -2.33. The maximum atomic E-state index is 13.1. The SMILES string of the molecule is CCC(C)NC(=O)c1cc(-c2cccc(OC)c2)nc2cc(-c3ccccc3)nn12. The molecule has 0 aliphatic carbocycles. The topological polar surface area (TPSA) is 68.5 Å². The molecule has 0 aliphatic heterocycles. The van der Waals surface area contributed by atoms with Gasteiger partial charge in [0.1, 0.15) is 11.4 Å². The molecule has 2 aromatic carbocycles. The van der Waals surface area contributed by atoms with Crippen molar-refractivity contribution < 1.29 is 9.53 Å². The van der Waals surface area contributed by atoms with Gasteiger partial charge >= 0.3 is 0 Å². The van der Waals surface area contributed by atoms with Crippen LogP contribution in [0.2, 0.25) is 0 Å². The van der Waals surface area contributed by atoms with Crippen molar-refractivity contribution in [1.29, 1.82) is 0 Å². The number of nitrogens with zero attached hydrogens (tertiary/aromatic N) is 3. The second-order valence-corrected chi connectivity index (χ2v) is 7.21. The molecule has 0 bridgehead atoms. The van der Waals surface area contributed by atoms with Crippen molar-refractivity contribution in [3.8, 4) is 28.3 Å². The maximum Gasteiger partial charge on any atom is 0.270 e. The Morgan fingerprint density at radius 2 is 1.80 bits per heavy atom. The highest BCUT2D eigenvalue weighted by atomic mass is 16.5. The van der Waals surface area contributed by atoms with E-state index in [1.807, 2.05) is 74.5 Å². The molecule has 152 valence electrons. The fourth-order valence-corrected chi connectivity index (χ4v) is 3.22. The normalized spacial score (nSPS) is 12.0. The van der Waals surface area contributed by atoms with Gasteiger partial charge in [0.2, 0.25) is 0 Å². The third-order valence-electron chi connectivity index (χ3n) is 5.08. The summed E-state index contributed by atoms with van der Waals surface area (Å²) < 4.78 is 6.96. The average molecular weight is 400 g/mol. The molecule has 1 amide bonds. The fraction of sp³-hybridized carbons (Fsp3) is 0.208. The number of benzene rings is 2. The summed E-state index contributed by atoms with van der Waals surface area (Å²) in [6, 6.07) is 21.3. The lowest BCUT2D eigenvalue weighted by molar-refractivity contribution is 0.0931. The van der Waals surface area contributed by atoms with E-state index in [4.69, 9.17) is 9.72 Å². The van der Waals surface area contributed by atoms with Gasteiger partial charge in [0.25, 0.3) is 5.91 Å². The van der Waals surface area contributed by atoms with Crippen LogP contribution in [0.4, 0.5) is 0 Å². The molecule has 4 aromatic rings. The van der Waals surface area contributed by atoms with Crippen molar-refractivity contribution >= 4 is 11.6 Å². The van der Waals surface area contributed by atoms with Crippen LogP contribution in [0.1, 0.15) is 30.8 Å². The van der Waals surface area contributed by atoms with Crippen molar-refractivity contribution in [2.24, 2.45) is 0 Å². The van der Waals surface area contributed by atoms with Gasteiger partial charge in [-0.1, -0.05) is 49.4 Å². The number of rotatable bonds is 6. The van der Waals surface area contributed by atoms with Gasteiger partial charge in [-0.2, -0.15) is 5.10 Å². The minimum Gasteiger partial charge on any atom is -0.497 e. The van der Waals surface area contributed by atoms with Crippen LogP contribution >= 0.6 is 0 Å². The molecular formula is C24H24N4O2. The smallest absolute Gasteiger partial charge is 0.270 e. The van der Waals surface area contributed by atoms with Crippen molar-refractivity contribution in [3.05, 3.63) is 72.4 Å². The number of carbonyl (C=O) groups excluding carboxylic acids is 1. The zero-order valence-electron chi connectivity index (χ0n) is 17.3. The number of ether oxygens (including phenoxy) is 1. The van der Waals surface area contributed by atoms with E-state index in [1.165, 1.54) is 0 Å².